The monoisotopic (exact) mass is 367 g/mol. The molecular formula is C19H20F3NO3. The van der Waals surface area contributed by atoms with Gasteiger partial charge in [-0.3, -0.25) is 4.90 Å². The molecule has 0 aromatic heterocycles. The molecule has 2 aromatic carbocycles. The van der Waals surface area contributed by atoms with Crippen molar-refractivity contribution in [2.75, 3.05) is 18.6 Å². The van der Waals surface area contributed by atoms with E-state index in [1.54, 1.807) is 38.2 Å². The first kappa shape index (κ1) is 19.6. The fourth-order valence-electron chi connectivity index (χ4n) is 2.17. The standard InChI is InChI=1S/C19H20F3NO3/c1-3-16(26-18(24)23(2)15-9-5-4-6-10-15)13-25-17-11-7-8-14(12-17)19(20,21)22/h4-12,16H,3,13H2,1-2H3. The van der Waals surface area contributed by atoms with Crippen LogP contribution in [0.2, 0.25) is 0 Å². The van der Waals surface area contributed by atoms with Crippen molar-refractivity contribution in [2.45, 2.75) is 25.6 Å². The number of halogens is 3. The van der Waals surface area contributed by atoms with Crippen molar-refractivity contribution in [3.63, 3.8) is 0 Å². The summed E-state index contributed by atoms with van der Waals surface area (Å²) in [5.74, 6) is 0.0748. The van der Waals surface area contributed by atoms with E-state index >= 15 is 0 Å². The van der Waals surface area contributed by atoms with Crippen LogP contribution in [-0.4, -0.2) is 25.9 Å². The Bertz CT molecular complexity index is 719. The van der Waals surface area contributed by atoms with Gasteiger partial charge in [0.1, 0.15) is 18.5 Å². The molecule has 0 radical (unpaired) electrons. The number of carbonyl (C=O) groups is 1. The molecule has 0 aliphatic heterocycles. The number of ether oxygens (including phenoxy) is 2. The lowest BCUT2D eigenvalue weighted by molar-refractivity contribution is -0.137. The molecule has 1 unspecified atom stereocenters. The van der Waals surface area contributed by atoms with Crippen molar-refractivity contribution in [3.8, 4) is 5.75 Å². The van der Waals surface area contributed by atoms with Crippen LogP contribution in [-0.2, 0) is 10.9 Å². The fourth-order valence-corrected chi connectivity index (χ4v) is 2.17. The van der Waals surface area contributed by atoms with Gasteiger partial charge in [-0.1, -0.05) is 31.2 Å². The van der Waals surface area contributed by atoms with Crippen LogP contribution in [0.15, 0.2) is 54.6 Å². The highest BCUT2D eigenvalue weighted by Gasteiger charge is 2.30. The Morgan fingerprint density at radius 2 is 1.81 bits per heavy atom. The molecule has 26 heavy (non-hydrogen) atoms. The summed E-state index contributed by atoms with van der Waals surface area (Å²) in [5.41, 5.74) is -0.116. The van der Waals surface area contributed by atoms with E-state index in [1.807, 2.05) is 6.07 Å². The lowest BCUT2D eigenvalue weighted by Gasteiger charge is -2.22. The number of nitrogens with zero attached hydrogens (tertiary/aromatic N) is 1. The Labute approximate surface area is 150 Å². The molecule has 2 rings (SSSR count). The predicted molar refractivity (Wildman–Crippen MR) is 92.3 cm³/mol. The molecule has 0 fully saturated rings. The topological polar surface area (TPSA) is 38.8 Å². The summed E-state index contributed by atoms with van der Waals surface area (Å²) in [7, 11) is 1.58. The maximum absolute atomic E-state index is 12.7. The van der Waals surface area contributed by atoms with Crippen LogP contribution in [0.1, 0.15) is 18.9 Å². The summed E-state index contributed by atoms with van der Waals surface area (Å²) in [5, 5.41) is 0. The quantitative estimate of drug-likeness (QED) is 0.710. The van der Waals surface area contributed by atoms with E-state index < -0.39 is 23.9 Å². The van der Waals surface area contributed by atoms with Gasteiger partial charge in [-0.25, -0.2) is 4.79 Å². The van der Waals surface area contributed by atoms with Crippen LogP contribution >= 0.6 is 0 Å². The van der Waals surface area contributed by atoms with Crippen LogP contribution < -0.4 is 9.64 Å². The third-order valence-electron chi connectivity index (χ3n) is 3.74. The Morgan fingerprint density at radius 3 is 2.42 bits per heavy atom. The van der Waals surface area contributed by atoms with E-state index in [0.29, 0.717) is 12.1 Å². The summed E-state index contributed by atoms with van der Waals surface area (Å²) in [4.78, 5) is 13.6. The van der Waals surface area contributed by atoms with Gasteiger partial charge in [-0.05, 0) is 36.8 Å². The molecule has 0 saturated carbocycles. The molecule has 140 valence electrons. The average molecular weight is 367 g/mol. The molecule has 0 aliphatic carbocycles. The zero-order valence-corrected chi connectivity index (χ0v) is 14.5. The molecule has 0 N–H and O–H groups in total. The molecular weight excluding hydrogens is 347 g/mol. The highest BCUT2D eigenvalue weighted by molar-refractivity contribution is 5.86. The van der Waals surface area contributed by atoms with Crippen molar-refractivity contribution in [1.82, 2.24) is 0 Å². The molecule has 4 nitrogen and oxygen atoms in total. The van der Waals surface area contributed by atoms with Gasteiger partial charge in [0, 0.05) is 12.7 Å². The van der Waals surface area contributed by atoms with E-state index in [2.05, 4.69) is 0 Å². The van der Waals surface area contributed by atoms with Crippen LogP contribution in [0.25, 0.3) is 0 Å². The average Bonchev–Trinajstić information content (AvgIpc) is 2.64. The van der Waals surface area contributed by atoms with Crippen LogP contribution in [0.5, 0.6) is 5.75 Å². The first-order valence-corrected chi connectivity index (χ1v) is 8.10. The largest absolute Gasteiger partial charge is 0.490 e. The van der Waals surface area contributed by atoms with Gasteiger partial charge in [-0.2, -0.15) is 13.2 Å². The lowest BCUT2D eigenvalue weighted by Crippen LogP contribution is -2.33. The Kier molecular flexibility index (Phi) is 6.49. The number of rotatable bonds is 6. The normalized spacial score (nSPS) is 12.3. The summed E-state index contributed by atoms with van der Waals surface area (Å²) >= 11 is 0. The van der Waals surface area contributed by atoms with Gasteiger partial charge >= 0.3 is 12.3 Å². The van der Waals surface area contributed by atoms with E-state index in [1.165, 1.54) is 17.0 Å². The minimum Gasteiger partial charge on any atom is -0.490 e. The SMILES string of the molecule is CCC(COc1cccc(C(F)(F)F)c1)OC(=O)N(C)c1ccccc1. The number of hydrogen-bond acceptors (Lipinski definition) is 3. The summed E-state index contributed by atoms with van der Waals surface area (Å²) in [6.07, 6.45) is -5.11. The Balaban J connectivity index is 1.94. The highest BCUT2D eigenvalue weighted by atomic mass is 19.4. The number of carbonyl (C=O) groups excluding carboxylic acids is 1. The van der Waals surface area contributed by atoms with Crippen LogP contribution in [0.3, 0.4) is 0 Å². The highest BCUT2D eigenvalue weighted by Crippen LogP contribution is 2.31. The van der Waals surface area contributed by atoms with Crippen molar-refractivity contribution in [1.29, 1.82) is 0 Å². The third-order valence-corrected chi connectivity index (χ3v) is 3.74. The fraction of sp³-hybridized carbons (Fsp3) is 0.316. The molecule has 2 aromatic rings. The Morgan fingerprint density at radius 1 is 1.12 bits per heavy atom. The Hall–Kier alpha value is -2.70. The second kappa shape index (κ2) is 8.60. The lowest BCUT2D eigenvalue weighted by atomic mass is 10.2. The molecule has 0 bridgehead atoms. The molecule has 1 atom stereocenters. The first-order chi connectivity index (χ1) is 12.3. The summed E-state index contributed by atoms with van der Waals surface area (Å²) in [6, 6.07) is 13.6. The second-order valence-electron chi connectivity index (χ2n) is 5.65. The van der Waals surface area contributed by atoms with E-state index in [4.69, 9.17) is 9.47 Å². The number of amides is 1. The van der Waals surface area contributed by atoms with E-state index in [-0.39, 0.29) is 12.4 Å². The number of anilines is 1. The molecule has 0 aliphatic rings. The number of benzene rings is 2. The van der Waals surface area contributed by atoms with Crippen molar-refractivity contribution in [3.05, 3.63) is 60.2 Å². The van der Waals surface area contributed by atoms with Gasteiger partial charge in [0.15, 0.2) is 0 Å². The number of alkyl halides is 3. The smallest absolute Gasteiger partial charge is 0.416 e. The predicted octanol–water partition coefficient (Wildman–Crippen LogP) is 5.14. The third kappa shape index (κ3) is 5.40. The first-order valence-electron chi connectivity index (χ1n) is 8.10. The molecule has 0 spiro atoms. The zero-order valence-electron chi connectivity index (χ0n) is 14.5. The summed E-state index contributed by atoms with van der Waals surface area (Å²) in [6.45, 7) is 1.77. The van der Waals surface area contributed by atoms with Crippen LogP contribution in [0, 0.1) is 0 Å². The van der Waals surface area contributed by atoms with Crippen LogP contribution in [0.4, 0.5) is 23.7 Å². The summed E-state index contributed by atoms with van der Waals surface area (Å²) < 4.78 is 48.9. The van der Waals surface area contributed by atoms with Gasteiger partial charge in [-0.15, -0.1) is 0 Å². The molecule has 7 heteroatoms. The number of hydrogen-bond donors (Lipinski definition) is 0. The van der Waals surface area contributed by atoms with Crippen molar-refractivity contribution in [2.24, 2.45) is 0 Å². The van der Waals surface area contributed by atoms with E-state index in [0.717, 1.165) is 12.1 Å². The maximum Gasteiger partial charge on any atom is 0.416 e. The van der Waals surface area contributed by atoms with Crippen molar-refractivity contribution < 1.29 is 27.4 Å². The minimum absolute atomic E-state index is 0.0355. The second-order valence-corrected chi connectivity index (χ2v) is 5.65. The maximum atomic E-state index is 12.7. The van der Waals surface area contributed by atoms with Crippen molar-refractivity contribution >= 4 is 11.8 Å². The minimum atomic E-state index is -4.44. The zero-order chi connectivity index (χ0) is 19.2. The molecule has 1 amide bonds. The van der Waals surface area contributed by atoms with Gasteiger partial charge in [0.2, 0.25) is 0 Å². The van der Waals surface area contributed by atoms with Gasteiger partial charge in [0.05, 0.1) is 5.56 Å². The van der Waals surface area contributed by atoms with E-state index in [9.17, 15) is 18.0 Å². The van der Waals surface area contributed by atoms with Gasteiger partial charge < -0.3 is 9.47 Å². The molecule has 0 saturated heterocycles. The number of para-hydroxylation sites is 1. The molecule has 0 heterocycles. The van der Waals surface area contributed by atoms with Gasteiger partial charge in [0.25, 0.3) is 0 Å².